The molecule has 1 fully saturated rings. The first-order chi connectivity index (χ1) is 8.70. The van der Waals surface area contributed by atoms with Gasteiger partial charge in [0, 0.05) is 12.2 Å². The largest absolute Gasteiger partial charge is 0.352 e. The number of pyridine rings is 1. The van der Waals surface area contributed by atoms with E-state index in [1.54, 1.807) is 0 Å². The number of amides is 2. The molecule has 5 N–H and O–H groups in total. The molecule has 0 bridgehead atoms. The lowest BCUT2D eigenvalue weighted by Gasteiger charge is -2.09. The van der Waals surface area contributed by atoms with Gasteiger partial charge in [0.2, 0.25) is 5.91 Å². The number of nitrogen functional groups attached to an aromatic ring is 1. The number of aromatic nitrogens is 1. The Hall–Kier alpha value is -2.15. The number of nitrogens with one attached hydrogen (secondary N) is 3. The van der Waals surface area contributed by atoms with Crippen LogP contribution in [0.15, 0.2) is 18.5 Å². The van der Waals surface area contributed by atoms with Gasteiger partial charge in [0.05, 0.1) is 24.0 Å². The lowest BCUT2D eigenvalue weighted by molar-refractivity contribution is -0.120. The van der Waals surface area contributed by atoms with Gasteiger partial charge in [0.25, 0.3) is 5.91 Å². The summed E-state index contributed by atoms with van der Waals surface area (Å²) in [7, 11) is 0. The quantitative estimate of drug-likeness (QED) is 0.410. The number of hydrogen-bond donors (Lipinski definition) is 4. The second-order valence-corrected chi connectivity index (χ2v) is 4.09. The highest BCUT2D eigenvalue weighted by Gasteiger charge is 2.23. The monoisotopic (exact) mass is 249 g/mol. The topological polar surface area (TPSA) is 109 Å². The van der Waals surface area contributed by atoms with E-state index in [9.17, 15) is 9.59 Å². The highest BCUT2D eigenvalue weighted by molar-refractivity contribution is 6.00. The number of carbonyl (C=O) groups is 2. The SMILES string of the molecule is NNc1cnccc1C(=O)NCC(=O)NC1CC1. The number of nitrogens with zero attached hydrogens (tertiary/aromatic N) is 1. The number of hydrogen-bond acceptors (Lipinski definition) is 5. The Morgan fingerprint density at radius 3 is 2.89 bits per heavy atom. The minimum absolute atomic E-state index is 0.0400. The first kappa shape index (κ1) is 12.3. The summed E-state index contributed by atoms with van der Waals surface area (Å²) >= 11 is 0. The highest BCUT2D eigenvalue weighted by Crippen LogP contribution is 2.18. The molecule has 96 valence electrons. The molecule has 18 heavy (non-hydrogen) atoms. The fourth-order valence-electron chi connectivity index (χ4n) is 1.47. The Morgan fingerprint density at radius 2 is 2.22 bits per heavy atom. The van der Waals surface area contributed by atoms with Crippen molar-refractivity contribution in [2.75, 3.05) is 12.0 Å². The molecule has 0 aromatic carbocycles. The third-order valence-electron chi connectivity index (χ3n) is 2.57. The third kappa shape index (κ3) is 3.17. The first-order valence-corrected chi connectivity index (χ1v) is 5.69. The van der Waals surface area contributed by atoms with Crippen LogP contribution in [0.1, 0.15) is 23.2 Å². The van der Waals surface area contributed by atoms with Crippen LogP contribution in [-0.4, -0.2) is 29.4 Å². The predicted molar refractivity (Wildman–Crippen MR) is 65.5 cm³/mol. The van der Waals surface area contributed by atoms with Crippen LogP contribution in [0.5, 0.6) is 0 Å². The van der Waals surface area contributed by atoms with E-state index in [1.807, 2.05) is 0 Å². The summed E-state index contributed by atoms with van der Waals surface area (Å²) < 4.78 is 0. The zero-order chi connectivity index (χ0) is 13.0. The molecule has 1 aromatic heterocycles. The van der Waals surface area contributed by atoms with Gasteiger partial charge in [-0.05, 0) is 18.9 Å². The second-order valence-electron chi connectivity index (χ2n) is 4.09. The van der Waals surface area contributed by atoms with Crippen molar-refractivity contribution in [2.24, 2.45) is 5.84 Å². The Morgan fingerprint density at radius 1 is 1.44 bits per heavy atom. The van der Waals surface area contributed by atoms with Crippen LogP contribution in [-0.2, 0) is 4.79 Å². The average molecular weight is 249 g/mol. The Bertz CT molecular complexity index is 459. The molecule has 0 spiro atoms. The Balaban J connectivity index is 1.88. The van der Waals surface area contributed by atoms with E-state index in [1.165, 1.54) is 18.5 Å². The summed E-state index contributed by atoms with van der Waals surface area (Å²) in [5.41, 5.74) is 3.15. The van der Waals surface area contributed by atoms with E-state index >= 15 is 0 Å². The first-order valence-electron chi connectivity index (χ1n) is 5.69. The van der Waals surface area contributed by atoms with Crippen LogP contribution in [0, 0.1) is 0 Å². The van der Waals surface area contributed by atoms with Gasteiger partial charge in [-0.2, -0.15) is 0 Å². The Kier molecular flexibility index (Phi) is 3.73. The van der Waals surface area contributed by atoms with Crippen molar-refractivity contribution < 1.29 is 9.59 Å². The van der Waals surface area contributed by atoms with Gasteiger partial charge in [-0.15, -0.1) is 0 Å². The van der Waals surface area contributed by atoms with Crippen molar-refractivity contribution in [1.82, 2.24) is 15.6 Å². The molecule has 7 nitrogen and oxygen atoms in total. The maximum Gasteiger partial charge on any atom is 0.253 e. The third-order valence-corrected chi connectivity index (χ3v) is 2.57. The zero-order valence-corrected chi connectivity index (χ0v) is 9.77. The fourth-order valence-corrected chi connectivity index (χ4v) is 1.47. The summed E-state index contributed by atoms with van der Waals surface area (Å²) in [5, 5.41) is 5.32. The van der Waals surface area contributed by atoms with Crippen molar-refractivity contribution in [2.45, 2.75) is 18.9 Å². The molecule has 1 aliphatic carbocycles. The zero-order valence-electron chi connectivity index (χ0n) is 9.77. The van der Waals surface area contributed by atoms with E-state index < -0.39 is 0 Å². The normalized spacial score (nSPS) is 13.8. The molecule has 2 rings (SSSR count). The van der Waals surface area contributed by atoms with Crippen molar-refractivity contribution in [3.05, 3.63) is 24.0 Å². The highest BCUT2D eigenvalue weighted by atomic mass is 16.2. The van der Waals surface area contributed by atoms with E-state index in [-0.39, 0.29) is 24.4 Å². The van der Waals surface area contributed by atoms with Gasteiger partial charge in [-0.1, -0.05) is 0 Å². The van der Waals surface area contributed by atoms with Gasteiger partial charge < -0.3 is 16.1 Å². The summed E-state index contributed by atoms with van der Waals surface area (Å²) in [6.45, 7) is -0.0400. The molecule has 0 aliphatic heterocycles. The van der Waals surface area contributed by atoms with Crippen molar-refractivity contribution in [3.8, 4) is 0 Å². The van der Waals surface area contributed by atoms with Crippen LogP contribution in [0.25, 0.3) is 0 Å². The molecule has 1 heterocycles. The summed E-state index contributed by atoms with van der Waals surface area (Å²) in [6.07, 6.45) is 4.97. The van der Waals surface area contributed by atoms with E-state index in [0.29, 0.717) is 11.3 Å². The maximum atomic E-state index is 11.8. The number of anilines is 1. The average Bonchev–Trinajstić information content (AvgIpc) is 3.19. The molecule has 0 unspecified atom stereocenters. The molecule has 0 atom stereocenters. The molecule has 1 aliphatic rings. The molecule has 7 heteroatoms. The molecular weight excluding hydrogens is 234 g/mol. The Labute approximate surface area is 104 Å². The minimum Gasteiger partial charge on any atom is -0.352 e. The van der Waals surface area contributed by atoms with Gasteiger partial charge in [0.1, 0.15) is 0 Å². The number of hydrazine groups is 1. The van der Waals surface area contributed by atoms with Gasteiger partial charge in [-0.25, -0.2) is 0 Å². The molecule has 1 aromatic rings. The van der Waals surface area contributed by atoms with Gasteiger partial charge in [0.15, 0.2) is 0 Å². The maximum absolute atomic E-state index is 11.8. The van der Waals surface area contributed by atoms with Crippen molar-refractivity contribution in [3.63, 3.8) is 0 Å². The minimum atomic E-state index is -0.365. The predicted octanol–water partition coefficient (Wildman–Crippen LogP) is -0.624. The summed E-state index contributed by atoms with van der Waals surface area (Å²) in [6, 6.07) is 1.82. The van der Waals surface area contributed by atoms with Crippen molar-refractivity contribution >= 4 is 17.5 Å². The van der Waals surface area contributed by atoms with Crippen molar-refractivity contribution in [1.29, 1.82) is 0 Å². The van der Waals surface area contributed by atoms with Crippen LogP contribution >= 0.6 is 0 Å². The molecule has 0 radical (unpaired) electrons. The fraction of sp³-hybridized carbons (Fsp3) is 0.364. The van der Waals surface area contributed by atoms with Crippen LogP contribution in [0.4, 0.5) is 5.69 Å². The lowest BCUT2D eigenvalue weighted by Crippen LogP contribution is -2.38. The standard InChI is InChI=1S/C11H15N5O2/c12-16-9-5-13-4-3-8(9)11(18)14-6-10(17)15-7-1-2-7/h3-5,7,16H,1-2,6,12H2,(H,14,18)(H,15,17). The number of nitrogens with two attached hydrogens (primary N) is 1. The second kappa shape index (κ2) is 5.46. The van der Waals surface area contributed by atoms with E-state index in [2.05, 4.69) is 21.0 Å². The van der Waals surface area contributed by atoms with Gasteiger partial charge in [-0.3, -0.25) is 20.4 Å². The molecular formula is C11H15N5O2. The summed E-state index contributed by atoms with van der Waals surface area (Å²) in [5.74, 6) is 4.73. The molecule has 2 amide bonds. The van der Waals surface area contributed by atoms with Crippen LogP contribution in [0.3, 0.4) is 0 Å². The van der Waals surface area contributed by atoms with Gasteiger partial charge >= 0.3 is 0 Å². The van der Waals surface area contributed by atoms with E-state index in [0.717, 1.165) is 12.8 Å². The van der Waals surface area contributed by atoms with E-state index in [4.69, 9.17) is 5.84 Å². The van der Waals surface area contributed by atoms with Crippen LogP contribution < -0.4 is 21.9 Å². The smallest absolute Gasteiger partial charge is 0.253 e. The number of rotatable bonds is 5. The summed E-state index contributed by atoms with van der Waals surface area (Å²) in [4.78, 5) is 27.1. The number of carbonyl (C=O) groups excluding carboxylic acids is 2. The molecule has 0 saturated heterocycles. The molecule has 1 saturated carbocycles. The lowest BCUT2D eigenvalue weighted by atomic mass is 10.2. The van der Waals surface area contributed by atoms with Crippen LogP contribution in [0.2, 0.25) is 0 Å².